The maximum atomic E-state index is 11.7. The molecule has 1 aromatic carbocycles. The van der Waals surface area contributed by atoms with Gasteiger partial charge in [-0.3, -0.25) is 0 Å². The number of ether oxygens (including phenoxy) is 1. The summed E-state index contributed by atoms with van der Waals surface area (Å²) in [6, 6.07) is 10.9. The van der Waals surface area contributed by atoms with E-state index >= 15 is 0 Å². The number of carbonyl (C=O) groups excluding carboxylic acids is 1. The maximum Gasteiger partial charge on any atom is 0.319 e. The van der Waals surface area contributed by atoms with Crippen LogP contribution in [0.1, 0.15) is 12.0 Å². The van der Waals surface area contributed by atoms with Crippen molar-refractivity contribution in [2.75, 3.05) is 18.5 Å². The summed E-state index contributed by atoms with van der Waals surface area (Å²) in [4.78, 5) is 15.6. The van der Waals surface area contributed by atoms with Gasteiger partial charge in [0, 0.05) is 12.7 Å². The van der Waals surface area contributed by atoms with Crippen LogP contribution < -0.4 is 15.4 Å². The number of anilines is 1. The number of nitrogens with one attached hydrogen (secondary N) is 2. The van der Waals surface area contributed by atoms with Crippen LogP contribution in [-0.4, -0.2) is 24.2 Å². The van der Waals surface area contributed by atoms with Crippen LogP contribution in [-0.2, 0) is 0 Å². The molecular formula is C16H18ClN3O2. The van der Waals surface area contributed by atoms with Gasteiger partial charge in [0.15, 0.2) is 5.15 Å². The van der Waals surface area contributed by atoms with E-state index in [9.17, 15) is 4.79 Å². The molecule has 0 bridgehead atoms. The minimum atomic E-state index is -0.315. The number of hydrogen-bond acceptors (Lipinski definition) is 3. The third-order valence-electron chi connectivity index (χ3n) is 2.90. The second kappa shape index (κ2) is 8.24. The van der Waals surface area contributed by atoms with Crippen molar-refractivity contribution in [3.63, 3.8) is 0 Å². The first-order valence-corrected chi connectivity index (χ1v) is 7.38. The molecule has 1 heterocycles. The van der Waals surface area contributed by atoms with Gasteiger partial charge in [-0.15, -0.1) is 0 Å². The van der Waals surface area contributed by atoms with Crippen LogP contribution in [0.3, 0.4) is 0 Å². The molecule has 2 N–H and O–H groups in total. The Bertz CT molecular complexity index is 617. The van der Waals surface area contributed by atoms with Gasteiger partial charge in [0.25, 0.3) is 0 Å². The van der Waals surface area contributed by atoms with Gasteiger partial charge in [0.05, 0.1) is 12.3 Å². The Kier molecular flexibility index (Phi) is 6.03. The number of hydrogen-bond donors (Lipinski definition) is 2. The quantitative estimate of drug-likeness (QED) is 0.631. The van der Waals surface area contributed by atoms with Gasteiger partial charge in [-0.25, -0.2) is 9.78 Å². The lowest BCUT2D eigenvalue weighted by molar-refractivity contribution is 0.250. The molecule has 0 aliphatic heterocycles. The fourth-order valence-electron chi connectivity index (χ4n) is 1.74. The van der Waals surface area contributed by atoms with E-state index in [1.165, 1.54) is 5.56 Å². The Hall–Kier alpha value is -2.27. The second-order valence-electron chi connectivity index (χ2n) is 4.74. The number of aromatic nitrogens is 1. The first-order chi connectivity index (χ1) is 10.6. The summed E-state index contributed by atoms with van der Waals surface area (Å²) in [5.41, 5.74) is 1.68. The molecule has 0 aliphatic rings. The second-order valence-corrected chi connectivity index (χ2v) is 5.10. The zero-order valence-corrected chi connectivity index (χ0v) is 13.1. The summed E-state index contributed by atoms with van der Waals surface area (Å²) < 4.78 is 5.58. The number of aryl methyl sites for hydroxylation is 1. The monoisotopic (exact) mass is 319 g/mol. The average Bonchev–Trinajstić information content (AvgIpc) is 2.51. The highest BCUT2D eigenvalue weighted by atomic mass is 35.5. The lowest BCUT2D eigenvalue weighted by Gasteiger charge is -2.09. The number of halogens is 1. The SMILES string of the molecule is Cc1ccc(OCCCNC(=O)Nc2cccnc2Cl)cc1. The highest BCUT2D eigenvalue weighted by molar-refractivity contribution is 6.32. The van der Waals surface area contributed by atoms with Crippen molar-refractivity contribution in [1.29, 1.82) is 0 Å². The molecule has 2 amide bonds. The minimum absolute atomic E-state index is 0.264. The van der Waals surface area contributed by atoms with E-state index in [4.69, 9.17) is 16.3 Å². The fourth-order valence-corrected chi connectivity index (χ4v) is 1.91. The molecule has 0 unspecified atom stereocenters. The Morgan fingerprint density at radius 3 is 2.77 bits per heavy atom. The summed E-state index contributed by atoms with van der Waals surface area (Å²) in [5, 5.41) is 5.64. The fraction of sp³-hybridized carbons (Fsp3) is 0.250. The Labute approximate surface area is 134 Å². The van der Waals surface area contributed by atoms with Crippen molar-refractivity contribution in [2.24, 2.45) is 0 Å². The van der Waals surface area contributed by atoms with E-state index in [0.717, 1.165) is 5.75 Å². The van der Waals surface area contributed by atoms with Gasteiger partial charge >= 0.3 is 6.03 Å². The molecule has 0 fully saturated rings. The molecule has 0 spiro atoms. The van der Waals surface area contributed by atoms with Crippen LogP contribution in [0.15, 0.2) is 42.6 Å². The minimum Gasteiger partial charge on any atom is -0.494 e. The molecule has 2 aromatic rings. The average molecular weight is 320 g/mol. The third-order valence-corrected chi connectivity index (χ3v) is 3.20. The van der Waals surface area contributed by atoms with Crippen LogP contribution >= 0.6 is 11.6 Å². The zero-order valence-electron chi connectivity index (χ0n) is 12.3. The van der Waals surface area contributed by atoms with Gasteiger partial charge in [-0.1, -0.05) is 29.3 Å². The van der Waals surface area contributed by atoms with Crippen LogP contribution in [0.2, 0.25) is 5.15 Å². The maximum absolute atomic E-state index is 11.7. The Morgan fingerprint density at radius 1 is 1.27 bits per heavy atom. The summed E-state index contributed by atoms with van der Waals surface area (Å²) >= 11 is 5.86. The molecule has 0 radical (unpaired) electrons. The first kappa shape index (κ1) is 16.1. The lowest BCUT2D eigenvalue weighted by Crippen LogP contribution is -2.30. The van der Waals surface area contributed by atoms with Gasteiger partial charge in [0.2, 0.25) is 0 Å². The van der Waals surface area contributed by atoms with E-state index in [1.54, 1.807) is 18.3 Å². The molecule has 6 heteroatoms. The molecule has 1 aromatic heterocycles. The summed E-state index contributed by atoms with van der Waals surface area (Å²) in [6.45, 7) is 3.08. The van der Waals surface area contributed by atoms with E-state index in [2.05, 4.69) is 15.6 Å². The highest BCUT2D eigenvalue weighted by Gasteiger charge is 2.04. The first-order valence-electron chi connectivity index (χ1n) is 7.00. The van der Waals surface area contributed by atoms with Gasteiger partial charge < -0.3 is 15.4 Å². The largest absolute Gasteiger partial charge is 0.494 e. The molecule has 2 rings (SSSR count). The van der Waals surface area contributed by atoms with Crippen molar-refractivity contribution < 1.29 is 9.53 Å². The Balaban J connectivity index is 1.63. The third kappa shape index (κ3) is 5.26. The zero-order chi connectivity index (χ0) is 15.8. The molecule has 5 nitrogen and oxygen atoms in total. The molecule has 116 valence electrons. The number of urea groups is 1. The molecule has 0 saturated heterocycles. The van der Waals surface area contributed by atoms with Gasteiger partial charge in [0.1, 0.15) is 5.75 Å². The topological polar surface area (TPSA) is 63.2 Å². The predicted molar refractivity (Wildman–Crippen MR) is 87.6 cm³/mol. The number of amides is 2. The summed E-state index contributed by atoms with van der Waals surface area (Å²) in [7, 11) is 0. The molecular weight excluding hydrogens is 302 g/mol. The van der Waals surface area contributed by atoms with Crippen molar-refractivity contribution in [3.05, 3.63) is 53.3 Å². The smallest absolute Gasteiger partial charge is 0.319 e. The van der Waals surface area contributed by atoms with Crippen molar-refractivity contribution >= 4 is 23.3 Å². The van der Waals surface area contributed by atoms with E-state index in [1.807, 2.05) is 31.2 Å². The van der Waals surface area contributed by atoms with Crippen LogP contribution in [0.4, 0.5) is 10.5 Å². The highest BCUT2D eigenvalue weighted by Crippen LogP contribution is 2.16. The summed E-state index contributed by atoms with van der Waals surface area (Å²) in [6.07, 6.45) is 2.27. The number of nitrogens with zero attached hydrogens (tertiary/aromatic N) is 1. The number of rotatable bonds is 6. The molecule has 0 saturated carbocycles. The van der Waals surface area contributed by atoms with Crippen LogP contribution in [0.25, 0.3) is 0 Å². The number of benzene rings is 1. The van der Waals surface area contributed by atoms with Crippen molar-refractivity contribution in [2.45, 2.75) is 13.3 Å². The van der Waals surface area contributed by atoms with Crippen molar-refractivity contribution in [1.82, 2.24) is 10.3 Å². The lowest BCUT2D eigenvalue weighted by atomic mass is 10.2. The van der Waals surface area contributed by atoms with Crippen LogP contribution in [0.5, 0.6) is 5.75 Å². The van der Waals surface area contributed by atoms with E-state index in [0.29, 0.717) is 25.3 Å². The van der Waals surface area contributed by atoms with E-state index < -0.39 is 0 Å². The molecule has 0 aliphatic carbocycles. The Morgan fingerprint density at radius 2 is 2.05 bits per heavy atom. The van der Waals surface area contributed by atoms with Crippen molar-refractivity contribution in [3.8, 4) is 5.75 Å². The standard InChI is InChI=1S/C16H18ClN3O2/c1-12-5-7-13(8-6-12)22-11-3-10-19-16(21)20-14-4-2-9-18-15(14)17/h2,4-9H,3,10-11H2,1H3,(H2,19,20,21). The number of pyridine rings is 1. The predicted octanol–water partition coefficient (Wildman–Crippen LogP) is 3.63. The van der Waals surface area contributed by atoms with E-state index in [-0.39, 0.29) is 11.2 Å². The molecule has 0 atom stereocenters. The number of carbonyl (C=O) groups is 1. The van der Waals surface area contributed by atoms with Gasteiger partial charge in [-0.2, -0.15) is 0 Å². The summed E-state index contributed by atoms with van der Waals surface area (Å²) in [5.74, 6) is 0.831. The van der Waals surface area contributed by atoms with Crippen LogP contribution in [0, 0.1) is 6.92 Å². The molecule has 22 heavy (non-hydrogen) atoms. The normalized spacial score (nSPS) is 10.1. The van der Waals surface area contributed by atoms with Gasteiger partial charge in [-0.05, 0) is 37.6 Å².